The molecule has 0 spiro atoms. The van der Waals surface area contributed by atoms with Gasteiger partial charge in [-0.2, -0.15) is 0 Å². The fourth-order valence-electron chi connectivity index (χ4n) is 1.31. The first kappa shape index (κ1) is 14.8. The molecule has 0 saturated carbocycles. The zero-order chi connectivity index (χ0) is 12.6. The van der Waals surface area contributed by atoms with Gasteiger partial charge in [0.15, 0.2) is 0 Å². The van der Waals surface area contributed by atoms with E-state index in [2.05, 4.69) is 17.2 Å². The third-order valence-corrected chi connectivity index (χ3v) is 2.68. The van der Waals surface area contributed by atoms with E-state index in [4.69, 9.17) is 10.1 Å². The lowest BCUT2D eigenvalue weighted by Crippen LogP contribution is -2.51. The van der Waals surface area contributed by atoms with Crippen LogP contribution >= 0.6 is 0 Å². The van der Waals surface area contributed by atoms with Gasteiger partial charge in [-0.1, -0.05) is 6.08 Å². The van der Waals surface area contributed by atoms with Crippen molar-refractivity contribution in [3.8, 4) is 0 Å². The molecule has 0 aliphatic heterocycles. The van der Waals surface area contributed by atoms with E-state index in [9.17, 15) is 4.79 Å². The molecule has 3 N–H and O–H groups in total. The normalized spacial score (nSPS) is 15.9. The molecule has 1 unspecified atom stereocenters. The van der Waals surface area contributed by atoms with Crippen LogP contribution in [0, 0.1) is 5.41 Å². The van der Waals surface area contributed by atoms with E-state index in [0.717, 1.165) is 0 Å². The summed E-state index contributed by atoms with van der Waals surface area (Å²) >= 11 is 0. The lowest BCUT2D eigenvalue weighted by atomic mass is 9.93. The number of amides is 1. The monoisotopic (exact) mass is 227 g/mol. The van der Waals surface area contributed by atoms with Crippen molar-refractivity contribution in [2.24, 2.45) is 0 Å². The van der Waals surface area contributed by atoms with Crippen LogP contribution in [0.3, 0.4) is 0 Å². The van der Waals surface area contributed by atoms with Crippen LogP contribution in [0.25, 0.3) is 0 Å². The maximum atomic E-state index is 11.1. The van der Waals surface area contributed by atoms with Crippen LogP contribution in [-0.4, -0.2) is 44.5 Å². The summed E-state index contributed by atoms with van der Waals surface area (Å²) < 4.78 is 5.35. The molecule has 5 heteroatoms. The SMILES string of the molecule is C=CC(C)(OC)[C@H](CC=N)NCC(=O)NC. The minimum absolute atomic E-state index is 0.0995. The number of carbonyl (C=O) groups excluding carboxylic acids is 1. The van der Waals surface area contributed by atoms with Crippen LogP contribution in [0.2, 0.25) is 0 Å². The smallest absolute Gasteiger partial charge is 0.233 e. The first-order chi connectivity index (χ1) is 7.53. The number of methoxy groups -OCH3 is 1. The van der Waals surface area contributed by atoms with Gasteiger partial charge in [0.05, 0.1) is 12.1 Å². The van der Waals surface area contributed by atoms with E-state index < -0.39 is 5.60 Å². The fourth-order valence-corrected chi connectivity index (χ4v) is 1.31. The molecule has 0 aliphatic rings. The summed E-state index contributed by atoms with van der Waals surface area (Å²) in [6.07, 6.45) is 3.45. The van der Waals surface area contributed by atoms with Crippen LogP contribution in [0.1, 0.15) is 13.3 Å². The van der Waals surface area contributed by atoms with Crippen LogP contribution in [0.4, 0.5) is 0 Å². The van der Waals surface area contributed by atoms with Gasteiger partial charge in [0, 0.05) is 26.6 Å². The van der Waals surface area contributed by atoms with E-state index in [1.807, 2.05) is 6.92 Å². The molecule has 0 fully saturated rings. The van der Waals surface area contributed by atoms with Gasteiger partial charge in [-0.15, -0.1) is 6.58 Å². The number of hydrogen-bond donors (Lipinski definition) is 3. The quantitative estimate of drug-likeness (QED) is 0.413. The molecule has 92 valence electrons. The van der Waals surface area contributed by atoms with Gasteiger partial charge in [-0.3, -0.25) is 4.79 Å². The minimum atomic E-state index is -0.592. The molecule has 0 radical (unpaired) electrons. The number of ether oxygens (including phenoxy) is 1. The summed E-state index contributed by atoms with van der Waals surface area (Å²) in [5.74, 6) is -0.0995. The van der Waals surface area contributed by atoms with Crippen molar-refractivity contribution in [3.63, 3.8) is 0 Å². The summed E-state index contributed by atoms with van der Waals surface area (Å²) in [6.45, 7) is 5.78. The molecule has 0 rings (SSSR count). The van der Waals surface area contributed by atoms with Gasteiger partial charge in [-0.25, -0.2) is 0 Å². The molecule has 0 aromatic heterocycles. The Hall–Kier alpha value is -1.20. The first-order valence-corrected chi connectivity index (χ1v) is 5.15. The number of rotatable bonds is 8. The minimum Gasteiger partial charge on any atom is -0.373 e. The first-order valence-electron chi connectivity index (χ1n) is 5.15. The molecule has 0 heterocycles. The Bertz CT molecular complexity index is 256. The number of likely N-dealkylation sites (N-methyl/N-ethyl adjacent to an activating group) is 1. The highest BCUT2D eigenvalue weighted by Crippen LogP contribution is 2.18. The standard InChI is InChI=1S/C11H21N3O2/c1-5-11(2,16-4)9(6-7-12)14-8-10(15)13-3/h5,7,9,12,14H,1,6,8H2,2-4H3,(H,13,15)/t9-,11?/m0/s1. The van der Waals surface area contributed by atoms with Crippen molar-refractivity contribution in [2.45, 2.75) is 25.0 Å². The molecule has 0 aromatic carbocycles. The lowest BCUT2D eigenvalue weighted by molar-refractivity contribution is -0.120. The Balaban J connectivity index is 4.52. The van der Waals surface area contributed by atoms with E-state index in [0.29, 0.717) is 6.42 Å². The molecular formula is C11H21N3O2. The van der Waals surface area contributed by atoms with Crippen LogP contribution in [0.15, 0.2) is 12.7 Å². The number of carbonyl (C=O) groups is 1. The summed E-state index contributed by atoms with van der Waals surface area (Å²) in [7, 11) is 3.17. The average molecular weight is 227 g/mol. The fraction of sp³-hybridized carbons (Fsp3) is 0.636. The lowest BCUT2D eigenvalue weighted by Gasteiger charge is -2.33. The Morgan fingerprint density at radius 2 is 2.31 bits per heavy atom. The van der Waals surface area contributed by atoms with Gasteiger partial charge in [-0.05, 0) is 13.1 Å². The molecule has 5 nitrogen and oxygen atoms in total. The Labute approximate surface area is 96.8 Å². The Morgan fingerprint density at radius 3 is 2.69 bits per heavy atom. The van der Waals surface area contributed by atoms with Crippen LogP contribution in [0.5, 0.6) is 0 Å². The predicted molar refractivity (Wildman–Crippen MR) is 64.9 cm³/mol. The van der Waals surface area contributed by atoms with Crippen molar-refractivity contribution in [2.75, 3.05) is 20.7 Å². The third-order valence-electron chi connectivity index (χ3n) is 2.68. The topological polar surface area (TPSA) is 74.2 Å². The number of nitrogens with one attached hydrogen (secondary N) is 3. The van der Waals surface area contributed by atoms with Gasteiger partial charge in [0.1, 0.15) is 0 Å². The van der Waals surface area contributed by atoms with Gasteiger partial charge in [0.2, 0.25) is 5.91 Å². The molecule has 0 aromatic rings. The zero-order valence-electron chi connectivity index (χ0n) is 10.2. The summed E-state index contributed by atoms with van der Waals surface area (Å²) in [5, 5.41) is 12.7. The number of hydrogen-bond acceptors (Lipinski definition) is 4. The molecule has 2 atom stereocenters. The zero-order valence-corrected chi connectivity index (χ0v) is 10.2. The van der Waals surface area contributed by atoms with E-state index >= 15 is 0 Å². The van der Waals surface area contributed by atoms with E-state index in [1.165, 1.54) is 6.21 Å². The van der Waals surface area contributed by atoms with Crippen molar-refractivity contribution in [1.29, 1.82) is 5.41 Å². The van der Waals surface area contributed by atoms with E-state index in [-0.39, 0.29) is 18.5 Å². The predicted octanol–water partition coefficient (Wildman–Crippen LogP) is 0.321. The summed E-state index contributed by atoms with van der Waals surface area (Å²) in [4.78, 5) is 11.1. The third kappa shape index (κ3) is 4.12. The van der Waals surface area contributed by atoms with Gasteiger partial charge >= 0.3 is 0 Å². The highest BCUT2D eigenvalue weighted by molar-refractivity contribution is 5.77. The second kappa shape index (κ2) is 7.14. The second-order valence-electron chi connectivity index (χ2n) is 3.64. The summed E-state index contributed by atoms with van der Waals surface area (Å²) in [6, 6.07) is -0.148. The van der Waals surface area contributed by atoms with E-state index in [1.54, 1.807) is 20.2 Å². The van der Waals surface area contributed by atoms with Crippen molar-refractivity contribution in [1.82, 2.24) is 10.6 Å². The average Bonchev–Trinajstić information content (AvgIpc) is 2.32. The maximum absolute atomic E-state index is 11.1. The molecule has 16 heavy (non-hydrogen) atoms. The molecular weight excluding hydrogens is 206 g/mol. The van der Waals surface area contributed by atoms with Crippen LogP contribution in [-0.2, 0) is 9.53 Å². The van der Waals surface area contributed by atoms with Crippen LogP contribution < -0.4 is 10.6 Å². The highest BCUT2D eigenvalue weighted by Gasteiger charge is 2.30. The molecule has 1 amide bonds. The van der Waals surface area contributed by atoms with Crippen molar-refractivity contribution >= 4 is 12.1 Å². The molecule has 0 aliphatic carbocycles. The maximum Gasteiger partial charge on any atom is 0.233 e. The largest absolute Gasteiger partial charge is 0.373 e. The van der Waals surface area contributed by atoms with Crippen molar-refractivity contribution < 1.29 is 9.53 Å². The molecule has 0 bridgehead atoms. The Morgan fingerprint density at radius 1 is 1.69 bits per heavy atom. The highest BCUT2D eigenvalue weighted by atomic mass is 16.5. The van der Waals surface area contributed by atoms with Gasteiger partial charge < -0.3 is 20.8 Å². The Kier molecular flexibility index (Phi) is 6.60. The summed E-state index contributed by atoms with van der Waals surface area (Å²) in [5.41, 5.74) is -0.592. The molecule has 0 saturated heterocycles. The second-order valence-corrected chi connectivity index (χ2v) is 3.64. The van der Waals surface area contributed by atoms with Gasteiger partial charge in [0.25, 0.3) is 0 Å². The van der Waals surface area contributed by atoms with Crippen molar-refractivity contribution in [3.05, 3.63) is 12.7 Å².